The van der Waals surface area contributed by atoms with Crippen LogP contribution in [0.15, 0.2) is 10.6 Å². The second kappa shape index (κ2) is 2.00. The summed E-state index contributed by atoms with van der Waals surface area (Å²) in [5, 5.41) is 6.80. The van der Waals surface area contributed by atoms with E-state index in [1.54, 1.807) is 0 Å². The van der Waals surface area contributed by atoms with Crippen LogP contribution in [0.1, 0.15) is 25.5 Å². The van der Waals surface area contributed by atoms with E-state index in [0.717, 1.165) is 11.6 Å². The third-order valence-electron chi connectivity index (χ3n) is 2.36. The van der Waals surface area contributed by atoms with Crippen LogP contribution in [0.5, 0.6) is 0 Å². The van der Waals surface area contributed by atoms with Crippen molar-refractivity contribution in [3.63, 3.8) is 0 Å². The first-order valence-corrected chi connectivity index (χ1v) is 3.89. The zero-order valence-corrected chi connectivity index (χ0v) is 6.85. The Labute approximate surface area is 65.8 Å². The van der Waals surface area contributed by atoms with Crippen LogP contribution in [0.2, 0.25) is 0 Å². The number of hydrogen-bond donors (Lipinski definition) is 1. The minimum atomic E-state index is 0.294. The number of hydrogen-bond acceptors (Lipinski definition) is 3. The molecule has 1 fully saturated rings. The zero-order valence-electron chi connectivity index (χ0n) is 6.85. The van der Waals surface area contributed by atoms with Crippen LogP contribution in [0.25, 0.3) is 0 Å². The minimum absolute atomic E-state index is 0.294. The molecule has 1 aliphatic carbocycles. The summed E-state index contributed by atoms with van der Waals surface area (Å²) < 4.78 is 5.17. The van der Waals surface area contributed by atoms with Gasteiger partial charge in [0.2, 0.25) is 0 Å². The monoisotopic (exact) mass is 152 g/mol. The highest BCUT2D eigenvalue weighted by Gasteiger charge is 2.42. The average molecular weight is 152 g/mol. The van der Waals surface area contributed by atoms with E-state index >= 15 is 0 Å². The van der Waals surface area contributed by atoms with Gasteiger partial charge >= 0.3 is 0 Å². The smallest absolute Gasteiger partial charge is 0.169 e. The van der Waals surface area contributed by atoms with Gasteiger partial charge in [0.1, 0.15) is 5.76 Å². The molecule has 1 aromatic heterocycles. The predicted octanol–water partition coefficient (Wildman–Crippen LogP) is 1.77. The molecule has 1 aromatic rings. The first-order chi connectivity index (χ1) is 5.24. The molecule has 0 radical (unpaired) electrons. The van der Waals surface area contributed by atoms with Gasteiger partial charge in [-0.3, -0.25) is 0 Å². The first-order valence-electron chi connectivity index (χ1n) is 3.89. The van der Waals surface area contributed by atoms with Crippen molar-refractivity contribution in [1.82, 2.24) is 5.16 Å². The molecule has 0 unspecified atom stereocenters. The van der Waals surface area contributed by atoms with Gasteiger partial charge in [-0.05, 0) is 12.8 Å². The summed E-state index contributed by atoms with van der Waals surface area (Å²) >= 11 is 0. The van der Waals surface area contributed by atoms with Crippen molar-refractivity contribution in [2.75, 3.05) is 12.4 Å². The summed E-state index contributed by atoms with van der Waals surface area (Å²) in [6, 6.07) is 1.98. The summed E-state index contributed by atoms with van der Waals surface area (Å²) in [4.78, 5) is 0. The third kappa shape index (κ3) is 1.00. The third-order valence-corrected chi connectivity index (χ3v) is 2.36. The Bertz CT molecular complexity index is 263. The van der Waals surface area contributed by atoms with Crippen LogP contribution in [0.4, 0.5) is 5.82 Å². The molecule has 1 heterocycles. The van der Waals surface area contributed by atoms with Gasteiger partial charge in [-0.2, -0.15) is 0 Å². The molecule has 0 atom stereocenters. The lowest BCUT2D eigenvalue weighted by atomic mass is 10.1. The van der Waals surface area contributed by atoms with Crippen molar-refractivity contribution in [1.29, 1.82) is 0 Å². The van der Waals surface area contributed by atoms with Gasteiger partial charge in [0, 0.05) is 18.5 Å². The molecule has 1 aliphatic rings. The standard InChI is InChI=1S/C8H12N2O/c1-8(3-4-8)6-5-7(9-2)10-11-6/h5H,3-4H2,1-2H3,(H,9,10). The Morgan fingerprint density at radius 2 is 2.36 bits per heavy atom. The van der Waals surface area contributed by atoms with Crippen molar-refractivity contribution in [3.05, 3.63) is 11.8 Å². The highest BCUT2D eigenvalue weighted by Crippen LogP contribution is 2.47. The molecule has 1 N–H and O–H groups in total. The molecule has 0 spiro atoms. The van der Waals surface area contributed by atoms with E-state index in [0.29, 0.717) is 5.41 Å². The van der Waals surface area contributed by atoms with Crippen molar-refractivity contribution in [2.45, 2.75) is 25.2 Å². The fraction of sp³-hybridized carbons (Fsp3) is 0.625. The molecule has 1 saturated carbocycles. The van der Waals surface area contributed by atoms with Gasteiger partial charge in [0.25, 0.3) is 0 Å². The van der Waals surface area contributed by atoms with Gasteiger partial charge < -0.3 is 9.84 Å². The van der Waals surface area contributed by atoms with Crippen LogP contribution in [0, 0.1) is 0 Å². The number of nitrogens with one attached hydrogen (secondary N) is 1. The number of rotatable bonds is 2. The summed E-state index contributed by atoms with van der Waals surface area (Å²) in [6.07, 6.45) is 2.46. The van der Waals surface area contributed by atoms with Crippen LogP contribution in [-0.4, -0.2) is 12.2 Å². The number of anilines is 1. The molecule has 2 rings (SSSR count). The van der Waals surface area contributed by atoms with Gasteiger partial charge in [-0.1, -0.05) is 12.1 Å². The SMILES string of the molecule is CNc1cc(C2(C)CC2)on1. The Morgan fingerprint density at radius 1 is 1.64 bits per heavy atom. The molecule has 0 aliphatic heterocycles. The molecule has 0 bridgehead atoms. The van der Waals surface area contributed by atoms with E-state index < -0.39 is 0 Å². The van der Waals surface area contributed by atoms with E-state index in [4.69, 9.17) is 4.52 Å². The van der Waals surface area contributed by atoms with Crippen molar-refractivity contribution in [2.24, 2.45) is 0 Å². The van der Waals surface area contributed by atoms with Gasteiger partial charge in [0.05, 0.1) is 0 Å². The normalized spacial score (nSPS) is 19.8. The Hall–Kier alpha value is -0.990. The molecule has 0 aromatic carbocycles. The van der Waals surface area contributed by atoms with E-state index in [-0.39, 0.29) is 0 Å². The maximum Gasteiger partial charge on any atom is 0.169 e. The Morgan fingerprint density at radius 3 is 2.82 bits per heavy atom. The molecule has 60 valence electrons. The van der Waals surface area contributed by atoms with Gasteiger partial charge in [0.15, 0.2) is 5.82 Å². The number of nitrogens with zero attached hydrogens (tertiary/aromatic N) is 1. The van der Waals surface area contributed by atoms with Crippen molar-refractivity contribution < 1.29 is 4.52 Å². The van der Waals surface area contributed by atoms with Crippen LogP contribution < -0.4 is 5.32 Å². The fourth-order valence-electron chi connectivity index (χ4n) is 1.11. The van der Waals surface area contributed by atoms with E-state index in [1.165, 1.54) is 12.8 Å². The zero-order chi connectivity index (χ0) is 7.90. The summed E-state index contributed by atoms with van der Waals surface area (Å²) in [5.74, 6) is 1.84. The van der Waals surface area contributed by atoms with Crippen molar-refractivity contribution in [3.8, 4) is 0 Å². The second-order valence-electron chi connectivity index (χ2n) is 3.39. The molecule has 0 saturated heterocycles. The summed E-state index contributed by atoms with van der Waals surface area (Å²) in [6.45, 7) is 2.20. The lowest BCUT2D eigenvalue weighted by Crippen LogP contribution is -1.96. The van der Waals surface area contributed by atoms with E-state index in [2.05, 4.69) is 17.4 Å². The molecule has 0 amide bonds. The second-order valence-corrected chi connectivity index (χ2v) is 3.39. The highest BCUT2D eigenvalue weighted by molar-refractivity contribution is 5.36. The van der Waals surface area contributed by atoms with Gasteiger partial charge in [-0.25, -0.2) is 0 Å². The summed E-state index contributed by atoms with van der Waals surface area (Å²) in [7, 11) is 1.84. The largest absolute Gasteiger partial charge is 0.370 e. The predicted molar refractivity (Wildman–Crippen MR) is 42.6 cm³/mol. The maximum absolute atomic E-state index is 5.17. The van der Waals surface area contributed by atoms with Crippen LogP contribution in [0.3, 0.4) is 0 Å². The van der Waals surface area contributed by atoms with E-state index in [9.17, 15) is 0 Å². The van der Waals surface area contributed by atoms with E-state index in [1.807, 2.05) is 13.1 Å². The lowest BCUT2D eigenvalue weighted by molar-refractivity contribution is 0.361. The lowest BCUT2D eigenvalue weighted by Gasteiger charge is -1.98. The molecule has 3 nitrogen and oxygen atoms in total. The van der Waals surface area contributed by atoms with Crippen molar-refractivity contribution >= 4 is 5.82 Å². The molecular weight excluding hydrogens is 140 g/mol. The first kappa shape index (κ1) is 6.70. The quantitative estimate of drug-likeness (QED) is 0.701. The average Bonchev–Trinajstić information content (AvgIpc) is 2.61. The minimum Gasteiger partial charge on any atom is -0.370 e. The Kier molecular flexibility index (Phi) is 1.22. The maximum atomic E-state index is 5.17. The number of aromatic nitrogens is 1. The van der Waals surface area contributed by atoms with Gasteiger partial charge in [-0.15, -0.1) is 0 Å². The highest BCUT2D eigenvalue weighted by atomic mass is 16.5. The molecule has 11 heavy (non-hydrogen) atoms. The topological polar surface area (TPSA) is 38.1 Å². The summed E-state index contributed by atoms with van der Waals surface area (Å²) in [5.41, 5.74) is 0.294. The fourth-order valence-corrected chi connectivity index (χ4v) is 1.11. The Balaban J connectivity index is 2.25. The van der Waals surface area contributed by atoms with Crippen LogP contribution in [-0.2, 0) is 5.41 Å². The molecule has 3 heteroatoms. The molecular formula is C8H12N2O. The van der Waals surface area contributed by atoms with Crippen LogP contribution >= 0.6 is 0 Å².